The number of hydrogen-bond donors (Lipinski definition) is 1. The van der Waals surface area contributed by atoms with Gasteiger partial charge in [0.05, 0.1) is 41.5 Å². The van der Waals surface area contributed by atoms with Gasteiger partial charge in [0.15, 0.2) is 0 Å². The average Bonchev–Trinajstić information content (AvgIpc) is 3.45. The second-order valence-electron chi connectivity index (χ2n) is 9.75. The molecule has 8 heteroatoms. The van der Waals surface area contributed by atoms with E-state index >= 15 is 0 Å². The molecular weight excluding hydrogens is 476 g/mol. The maximum Gasteiger partial charge on any atom is 0.145 e. The Bertz CT molecular complexity index is 1780. The minimum atomic E-state index is 0.656. The van der Waals surface area contributed by atoms with Gasteiger partial charge < -0.3 is 14.2 Å². The molecule has 0 spiro atoms. The summed E-state index contributed by atoms with van der Waals surface area (Å²) in [5.74, 6) is 2.26. The predicted molar refractivity (Wildman–Crippen MR) is 150 cm³/mol. The number of aromatic nitrogens is 5. The number of nitrogens with zero attached hydrogens (tertiary/aromatic N) is 5. The van der Waals surface area contributed by atoms with Crippen molar-refractivity contribution in [3.8, 4) is 28.1 Å². The molecule has 0 unspecified atom stereocenters. The largest absolute Gasteiger partial charge is 0.496 e. The van der Waals surface area contributed by atoms with Crippen molar-refractivity contribution in [1.29, 1.82) is 0 Å². The molecule has 0 amide bonds. The van der Waals surface area contributed by atoms with Gasteiger partial charge in [-0.25, -0.2) is 9.97 Å². The van der Waals surface area contributed by atoms with Gasteiger partial charge in [-0.3, -0.25) is 9.88 Å². The van der Waals surface area contributed by atoms with Crippen LogP contribution in [0, 0.1) is 13.8 Å². The monoisotopic (exact) mass is 506 g/mol. The van der Waals surface area contributed by atoms with E-state index in [0.29, 0.717) is 6.54 Å². The van der Waals surface area contributed by atoms with Gasteiger partial charge >= 0.3 is 0 Å². The van der Waals surface area contributed by atoms with E-state index in [4.69, 9.17) is 19.2 Å². The molecule has 0 saturated carbocycles. The van der Waals surface area contributed by atoms with E-state index in [1.165, 1.54) is 0 Å². The van der Waals surface area contributed by atoms with E-state index < -0.39 is 0 Å². The summed E-state index contributed by atoms with van der Waals surface area (Å²) in [5, 5.41) is 7.16. The van der Waals surface area contributed by atoms with Crippen LogP contribution < -0.4 is 4.74 Å². The molecule has 0 fully saturated rings. The van der Waals surface area contributed by atoms with Gasteiger partial charge in [-0.15, -0.1) is 0 Å². The Hall–Kier alpha value is -4.30. The Morgan fingerprint density at radius 1 is 1.03 bits per heavy atom. The zero-order valence-electron chi connectivity index (χ0n) is 22.3. The number of H-pyrrole nitrogens is 1. The minimum absolute atomic E-state index is 0.656. The molecule has 6 rings (SSSR count). The molecule has 0 aliphatic heterocycles. The minimum Gasteiger partial charge on any atom is -0.496 e. The number of hydrogen-bond acceptors (Lipinski definition) is 7. The Labute approximate surface area is 220 Å². The number of nitrogens with one attached hydrogen (secondary N) is 1. The summed E-state index contributed by atoms with van der Waals surface area (Å²) in [6, 6.07) is 14.4. The maximum absolute atomic E-state index is 5.88. The van der Waals surface area contributed by atoms with Crippen molar-refractivity contribution in [1.82, 2.24) is 30.0 Å². The highest BCUT2D eigenvalue weighted by Gasteiger charge is 2.22. The molecule has 4 aromatic heterocycles. The van der Waals surface area contributed by atoms with Gasteiger partial charge in [-0.05, 0) is 58.1 Å². The number of ether oxygens (including phenoxy) is 1. The van der Waals surface area contributed by atoms with Crippen LogP contribution in [0.2, 0.25) is 0 Å². The molecule has 0 aliphatic carbocycles. The molecule has 0 atom stereocenters. The highest BCUT2D eigenvalue weighted by Crippen LogP contribution is 2.42. The molecule has 4 heterocycles. The molecule has 0 saturated heterocycles. The van der Waals surface area contributed by atoms with Crippen molar-refractivity contribution < 1.29 is 9.26 Å². The molecule has 1 N–H and O–H groups in total. The van der Waals surface area contributed by atoms with Crippen molar-refractivity contribution in [2.24, 2.45) is 0 Å². The summed E-state index contributed by atoms with van der Waals surface area (Å²) in [5.41, 5.74) is 7.27. The smallest absolute Gasteiger partial charge is 0.145 e. The van der Waals surface area contributed by atoms with Crippen LogP contribution in [0.15, 0.2) is 53.2 Å². The van der Waals surface area contributed by atoms with Gasteiger partial charge in [-0.1, -0.05) is 30.3 Å². The first kappa shape index (κ1) is 24.1. The fourth-order valence-corrected chi connectivity index (χ4v) is 5.37. The first-order valence-corrected chi connectivity index (χ1v) is 12.8. The lowest BCUT2D eigenvalue weighted by atomic mass is 9.99. The zero-order valence-corrected chi connectivity index (χ0v) is 22.3. The Balaban J connectivity index is 1.66. The molecule has 8 nitrogen and oxygen atoms in total. The summed E-state index contributed by atoms with van der Waals surface area (Å²) >= 11 is 0. The van der Waals surface area contributed by atoms with E-state index in [1.807, 2.05) is 44.3 Å². The van der Waals surface area contributed by atoms with Crippen molar-refractivity contribution >= 4 is 32.8 Å². The fourth-order valence-electron chi connectivity index (χ4n) is 5.37. The molecule has 0 radical (unpaired) electrons. The zero-order chi connectivity index (χ0) is 26.4. The second kappa shape index (κ2) is 9.54. The van der Waals surface area contributed by atoms with E-state index in [-0.39, 0.29) is 0 Å². The van der Waals surface area contributed by atoms with E-state index in [1.54, 1.807) is 7.11 Å². The Morgan fingerprint density at radius 2 is 1.87 bits per heavy atom. The van der Waals surface area contributed by atoms with Gasteiger partial charge in [0, 0.05) is 33.6 Å². The number of fused-ring (bicyclic) bond motifs is 4. The Kier molecular flexibility index (Phi) is 6.04. The maximum atomic E-state index is 5.88. The fraction of sp³-hybridized carbons (Fsp3) is 0.267. The molecule has 2 aromatic carbocycles. The summed E-state index contributed by atoms with van der Waals surface area (Å²) in [4.78, 5) is 20.6. The standard InChI is InChI=1S/C30H30N6O2/c1-6-13-36(4)16-26-33-29(20-11-12-31-23-10-8-7-9-19(20)23)28-21-15-25(37-5)22(14-24(21)32-30(28)34-26)27-17(2)35-38-18(27)3/h7-12,14-15H,6,13,16H2,1-5H3,(H,32,33,34). The third-order valence-electron chi connectivity index (χ3n) is 7.04. The number of para-hydroxylation sites is 1. The van der Waals surface area contributed by atoms with E-state index in [0.717, 1.165) is 91.2 Å². The third kappa shape index (κ3) is 3.97. The summed E-state index contributed by atoms with van der Waals surface area (Å²) in [6.07, 6.45) is 2.91. The van der Waals surface area contributed by atoms with Crippen LogP contribution in [0.5, 0.6) is 5.75 Å². The number of aromatic amines is 1. The average molecular weight is 507 g/mol. The van der Waals surface area contributed by atoms with E-state index in [2.05, 4.69) is 52.2 Å². The van der Waals surface area contributed by atoms with Gasteiger partial charge in [0.1, 0.15) is 23.0 Å². The normalized spacial score (nSPS) is 11.8. The van der Waals surface area contributed by atoms with Crippen LogP contribution in [0.1, 0.15) is 30.6 Å². The molecular formula is C30H30N6O2. The number of rotatable bonds is 7. The topological polar surface area (TPSA) is 93.0 Å². The van der Waals surface area contributed by atoms with Crippen LogP contribution in [0.25, 0.3) is 55.2 Å². The van der Waals surface area contributed by atoms with Gasteiger partial charge in [-0.2, -0.15) is 0 Å². The van der Waals surface area contributed by atoms with Gasteiger partial charge in [0.2, 0.25) is 0 Å². The molecule has 38 heavy (non-hydrogen) atoms. The van der Waals surface area contributed by atoms with Crippen LogP contribution in [-0.2, 0) is 6.54 Å². The second-order valence-corrected chi connectivity index (χ2v) is 9.75. The molecule has 0 bridgehead atoms. The van der Waals surface area contributed by atoms with Crippen molar-refractivity contribution in [2.75, 3.05) is 20.7 Å². The first-order chi connectivity index (χ1) is 18.5. The lowest BCUT2D eigenvalue weighted by molar-refractivity contribution is 0.319. The van der Waals surface area contributed by atoms with Crippen molar-refractivity contribution in [2.45, 2.75) is 33.7 Å². The lowest BCUT2D eigenvalue weighted by Gasteiger charge is -2.15. The number of pyridine rings is 1. The van der Waals surface area contributed by atoms with Gasteiger partial charge in [0.25, 0.3) is 0 Å². The predicted octanol–water partition coefficient (Wildman–Crippen LogP) is 6.45. The first-order valence-electron chi connectivity index (χ1n) is 12.8. The number of benzene rings is 2. The number of methoxy groups -OCH3 is 1. The summed E-state index contributed by atoms with van der Waals surface area (Å²) in [6.45, 7) is 7.67. The quantitative estimate of drug-likeness (QED) is 0.266. The molecule has 192 valence electrons. The summed E-state index contributed by atoms with van der Waals surface area (Å²) in [7, 11) is 3.79. The number of aryl methyl sites for hydroxylation is 2. The van der Waals surface area contributed by atoms with Crippen LogP contribution in [0.4, 0.5) is 0 Å². The highest BCUT2D eigenvalue weighted by atomic mass is 16.5. The van der Waals surface area contributed by atoms with Crippen molar-refractivity contribution in [3.05, 3.63) is 65.9 Å². The lowest BCUT2D eigenvalue weighted by Crippen LogP contribution is -2.20. The summed E-state index contributed by atoms with van der Waals surface area (Å²) < 4.78 is 11.3. The molecule has 0 aliphatic rings. The van der Waals surface area contributed by atoms with Crippen LogP contribution in [-0.4, -0.2) is 50.7 Å². The Morgan fingerprint density at radius 3 is 2.63 bits per heavy atom. The van der Waals surface area contributed by atoms with E-state index in [9.17, 15) is 0 Å². The highest BCUT2D eigenvalue weighted by molar-refractivity contribution is 6.15. The van der Waals surface area contributed by atoms with Crippen LogP contribution in [0.3, 0.4) is 0 Å². The SMILES string of the molecule is CCCN(C)Cc1nc(-c2ccnc3ccccc23)c2c(n1)[nH]c1cc(-c3c(C)noc3C)c(OC)cc12. The molecule has 6 aromatic rings. The van der Waals surface area contributed by atoms with Crippen molar-refractivity contribution in [3.63, 3.8) is 0 Å². The van der Waals surface area contributed by atoms with Crippen LogP contribution >= 0.6 is 0 Å². The third-order valence-corrected chi connectivity index (χ3v) is 7.04.